The number of ether oxygens (including phenoxy) is 1. The van der Waals surface area contributed by atoms with Crippen molar-refractivity contribution in [3.05, 3.63) is 106 Å². The minimum atomic E-state index is -4.93. The summed E-state index contributed by atoms with van der Waals surface area (Å²) < 4.78 is 84.7. The molecule has 0 aromatic heterocycles. The number of halogens is 6. The van der Waals surface area contributed by atoms with Crippen LogP contribution in [-0.2, 0) is 30.2 Å². The number of benzene rings is 3. The van der Waals surface area contributed by atoms with Gasteiger partial charge >= 0.3 is 12.4 Å². The topological polar surface area (TPSA) is 41.6 Å². The molecule has 1 aliphatic rings. The van der Waals surface area contributed by atoms with Gasteiger partial charge in [-0.3, -0.25) is 9.69 Å². The summed E-state index contributed by atoms with van der Waals surface area (Å²) in [5, 5.41) is 2.87. The van der Waals surface area contributed by atoms with Crippen molar-refractivity contribution in [3.63, 3.8) is 0 Å². The molecule has 1 unspecified atom stereocenters. The molecule has 1 atom stereocenters. The fourth-order valence-electron chi connectivity index (χ4n) is 4.70. The number of carbonyl (C=O) groups excluding carboxylic acids is 1. The third-order valence-electron chi connectivity index (χ3n) is 6.84. The number of nitrogens with zero attached hydrogens (tertiary/aromatic N) is 1. The number of carbonyl (C=O) groups is 1. The normalized spacial score (nSPS) is 15.2. The van der Waals surface area contributed by atoms with Gasteiger partial charge in [-0.1, -0.05) is 42.5 Å². The maximum atomic E-state index is 13.2. The van der Waals surface area contributed by atoms with Crippen LogP contribution in [0.2, 0.25) is 0 Å². The van der Waals surface area contributed by atoms with Crippen LogP contribution in [0.3, 0.4) is 0 Å². The number of rotatable bonds is 10. The molecule has 1 fully saturated rings. The molecular formula is C30H30F6N2O2. The highest BCUT2D eigenvalue weighted by Gasteiger charge is 2.36. The summed E-state index contributed by atoms with van der Waals surface area (Å²) in [7, 11) is 0. The Morgan fingerprint density at radius 3 is 2.00 bits per heavy atom. The number of hydrogen-bond acceptors (Lipinski definition) is 3. The van der Waals surface area contributed by atoms with E-state index in [1.807, 2.05) is 30.3 Å². The van der Waals surface area contributed by atoms with E-state index in [1.54, 1.807) is 24.3 Å². The Morgan fingerprint density at radius 2 is 1.43 bits per heavy atom. The van der Waals surface area contributed by atoms with Crippen LogP contribution in [0.4, 0.5) is 26.3 Å². The fourth-order valence-corrected chi connectivity index (χ4v) is 4.70. The van der Waals surface area contributed by atoms with Crippen molar-refractivity contribution >= 4 is 5.91 Å². The molecule has 4 rings (SSSR count). The fraction of sp³-hybridized carbons (Fsp3) is 0.367. The predicted octanol–water partition coefficient (Wildman–Crippen LogP) is 7.05. The van der Waals surface area contributed by atoms with E-state index >= 15 is 0 Å². The van der Waals surface area contributed by atoms with Crippen LogP contribution < -0.4 is 5.32 Å². The Morgan fingerprint density at radius 1 is 0.825 bits per heavy atom. The number of hydrogen-bond donors (Lipinski definition) is 1. The monoisotopic (exact) mass is 564 g/mol. The average Bonchev–Trinajstić information content (AvgIpc) is 3.43. The molecule has 1 aliphatic heterocycles. The Labute approximate surface area is 228 Å². The molecule has 1 saturated heterocycles. The van der Waals surface area contributed by atoms with Gasteiger partial charge in [0.25, 0.3) is 5.91 Å². The number of likely N-dealkylation sites (tertiary alicyclic amines) is 1. The first-order valence-corrected chi connectivity index (χ1v) is 13.0. The maximum absolute atomic E-state index is 13.2. The van der Waals surface area contributed by atoms with Crippen molar-refractivity contribution in [1.82, 2.24) is 10.2 Å². The van der Waals surface area contributed by atoms with E-state index in [0.29, 0.717) is 17.7 Å². The first-order valence-electron chi connectivity index (χ1n) is 13.0. The van der Waals surface area contributed by atoms with Crippen LogP contribution in [0.5, 0.6) is 0 Å². The summed E-state index contributed by atoms with van der Waals surface area (Å²) in [5.41, 5.74) is -0.604. The molecule has 40 heavy (non-hydrogen) atoms. The van der Waals surface area contributed by atoms with Crippen molar-refractivity contribution in [2.24, 2.45) is 0 Å². The lowest BCUT2D eigenvalue weighted by atomic mass is 9.99. The SMILES string of the molecule is O=C(NCC(COCc1cc(C(F)(F)F)cc(C(F)(F)F)c1)c1ccccc1)c1ccc(CN2CCCC2)cc1. The lowest BCUT2D eigenvalue weighted by Gasteiger charge is -2.19. The Hall–Kier alpha value is -3.37. The summed E-state index contributed by atoms with van der Waals surface area (Å²) in [6, 6.07) is 17.8. The molecule has 0 spiro atoms. The molecule has 1 N–H and O–H groups in total. The van der Waals surface area contributed by atoms with Gasteiger partial charge in [-0.2, -0.15) is 26.3 Å². The molecule has 1 heterocycles. The summed E-state index contributed by atoms with van der Waals surface area (Å²) in [6.07, 6.45) is -7.47. The first-order chi connectivity index (χ1) is 19.0. The van der Waals surface area contributed by atoms with E-state index in [-0.39, 0.29) is 36.6 Å². The van der Waals surface area contributed by atoms with Crippen LogP contribution in [0.1, 0.15) is 56.9 Å². The van der Waals surface area contributed by atoms with Gasteiger partial charge in [-0.25, -0.2) is 0 Å². The molecule has 1 amide bonds. The highest BCUT2D eigenvalue weighted by atomic mass is 19.4. The third kappa shape index (κ3) is 8.32. The zero-order valence-corrected chi connectivity index (χ0v) is 21.7. The van der Waals surface area contributed by atoms with Gasteiger partial charge in [0.15, 0.2) is 0 Å². The second-order valence-corrected chi connectivity index (χ2v) is 9.93. The quantitative estimate of drug-likeness (QED) is 0.269. The molecule has 0 saturated carbocycles. The lowest BCUT2D eigenvalue weighted by molar-refractivity contribution is -0.143. The van der Waals surface area contributed by atoms with Crippen LogP contribution >= 0.6 is 0 Å². The molecule has 0 aliphatic carbocycles. The molecule has 10 heteroatoms. The Bertz CT molecular complexity index is 1220. The summed E-state index contributed by atoms with van der Waals surface area (Å²) >= 11 is 0. The standard InChI is InChI=1S/C30H30F6N2O2/c31-29(32,33)26-14-22(15-27(16-26)30(34,35)36)19-40-20-25(23-6-2-1-3-7-23)17-37-28(39)24-10-8-21(9-11-24)18-38-12-4-5-13-38/h1-3,6-11,14-16,25H,4-5,12-13,17-20H2,(H,37,39). The second kappa shape index (κ2) is 12.9. The van der Waals surface area contributed by atoms with Crippen molar-refractivity contribution in [1.29, 1.82) is 0 Å². The van der Waals surface area contributed by atoms with Crippen molar-refractivity contribution in [2.45, 2.75) is 44.3 Å². The largest absolute Gasteiger partial charge is 0.416 e. The zero-order valence-electron chi connectivity index (χ0n) is 21.7. The molecule has 0 bridgehead atoms. The minimum absolute atomic E-state index is 0.0311. The second-order valence-electron chi connectivity index (χ2n) is 9.93. The Balaban J connectivity index is 1.39. The number of amides is 1. The van der Waals surface area contributed by atoms with Gasteiger partial charge in [0, 0.05) is 24.6 Å². The lowest BCUT2D eigenvalue weighted by Crippen LogP contribution is -2.30. The molecule has 4 nitrogen and oxygen atoms in total. The van der Waals surface area contributed by atoms with Crippen LogP contribution in [0.25, 0.3) is 0 Å². The van der Waals surface area contributed by atoms with Gasteiger partial charge in [0.05, 0.1) is 24.3 Å². The van der Waals surface area contributed by atoms with E-state index in [9.17, 15) is 31.1 Å². The highest BCUT2D eigenvalue weighted by Crippen LogP contribution is 2.36. The molecule has 3 aromatic rings. The highest BCUT2D eigenvalue weighted by molar-refractivity contribution is 5.94. The van der Waals surface area contributed by atoms with E-state index < -0.39 is 30.1 Å². The number of nitrogens with one attached hydrogen (secondary N) is 1. The molecular weight excluding hydrogens is 534 g/mol. The Kier molecular flexibility index (Phi) is 9.52. The zero-order chi connectivity index (χ0) is 28.8. The minimum Gasteiger partial charge on any atom is -0.376 e. The molecule has 0 radical (unpaired) electrons. The van der Waals surface area contributed by atoms with Gasteiger partial charge in [0.2, 0.25) is 0 Å². The van der Waals surface area contributed by atoms with E-state index in [2.05, 4.69) is 10.2 Å². The van der Waals surface area contributed by atoms with Gasteiger partial charge in [-0.15, -0.1) is 0 Å². The molecule has 3 aromatic carbocycles. The van der Waals surface area contributed by atoms with E-state index in [0.717, 1.165) is 30.8 Å². The van der Waals surface area contributed by atoms with Crippen LogP contribution in [0, 0.1) is 0 Å². The third-order valence-corrected chi connectivity index (χ3v) is 6.84. The van der Waals surface area contributed by atoms with Crippen molar-refractivity contribution < 1.29 is 35.9 Å². The summed E-state index contributed by atoms with van der Waals surface area (Å²) in [5.74, 6) is -0.672. The van der Waals surface area contributed by atoms with Crippen LogP contribution in [-0.4, -0.2) is 37.0 Å². The van der Waals surface area contributed by atoms with E-state index in [4.69, 9.17) is 4.74 Å². The van der Waals surface area contributed by atoms with Crippen molar-refractivity contribution in [3.8, 4) is 0 Å². The summed E-state index contributed by atoms with van der Waals surface area (Å²) in [4.78, 5) is 15.2. The summed E-state index contributed by atoms with van der Waals surface area (Å²) in [6.45, 7) is 2.66. The first kappa shape index (κ1) is 29.6. The smallest absolute Gasteiger partial charge is 0.376 e. The average molecular weight is 565 g/mol. The maximum Gasteiger partial charge on any atom is 0.416 e. The molecule has 214 valence electrons. The van der Waals surface area contributed by atoms with Crippen molar-refractivity contribution in [2.75, 3.05) is 26.2 Å². The predicted molar refractivity (Wildman–Crippen MR) is 139 cm³/mol. The van der Waals surface area contributed by atoms with Gasteiger partial charge < -0.3 is 10.1 Å². The van der Waals surface area contributed by atoms with Crippen LogP contribution in [0.15, 0.2) is 72.8 Å². The van der Waals surface area contributed by atoms with Gasteiger partial charge in [0.1, 0.15) is 0 Å². The number of alkyl halides is 6. The van der Waals surface area contributed by atoms with Gasteiger partial charge in [-0.05, 0) is 73.0 Å². The van der Waals surface area contributed by atoms with E-state index in [1.165, 1.54) is 12.8 Å².